The topological polar surface area (TPSA) is 95.1 Å². The molecule has 3 rings (SSSR count). The highest BCUT2D eigenvalue weighted by Crippen LogP contribution is 2.31. The normalized spacial score (nSPS) is 17.7. The molecular formula is C14H11F6N5O2S2. The molecular weight excluding hydrogens is 448 g/mol. The van der Waals surface area contributed by atoms with Gasteiger partial charge in [-0.2, -0.15) is 26.3 Å². The number of hydrogen-bond donors (Lipinski definition) is 2. The fraction of sp³-hybridized carbons (Fsp3) is 0.286. The van der Waals surface area contributed by atoms with Crippen molar-refractivity contribution in [1.29, 1.82) is 0 Å². The number of halogens is 6. The number of nitrogens with one attached hydrogen (secondary N) is 1. The summed E-state index contributed by atoms with van der Waals surface area (Å²) < 4.78 is 92.6. The molecule has 0 amide bonds. The van der Waals surface area contributed by atoms with Crippen molar-refractivity contribution in [1.82, 2.24) is 19.3 Å². The largest absolute Gasteiger partial charge is 0.497 e. The minimum Gasteiger partial charge on any atom is -0.368 e. The zero-order valence-corrected chi connectivity index (χ0v) is 15.8. The Hall–Kier alpha value is -2.26. The molecule has 3 N–H and O–H groups in total. The van der Waals surface area contributed by atoms with Gasteiger partial charge in [0.2, 0.25) is 5.95 Å². The Kier molecular flexibility index (Phi) is 5.57. The van der Waals surface area contributed by atoms with E-state index in [1.54, 1.807) is 6.92 Å². The molecule has 3 heterocycles. The van der Waals surface area contributed by atoms with Crippen LogP contribution < -0.4 is 21.6 Å². The minimum absolute atomic E-state index is 0.00319. The van der Waals surface area contributed by atoms with Gasteiger partial charge in [-0.1, -0.05) is 0 Å². The molecule has 0 fully saturated rings. The number of alkyl halides is 6. The van der Waals surface area contributed by atoms with Crippen molar-refractivity contribution >= 4 is 41.3 Å². The van der Waals surface area contributed by atoms with E-state index in [1.165, 1.54) is 6.20 Å². The molecule has 15 heteroatoms. The lowest BCUT2D eigenvalue weighted by Gasteiger charge is -2.17. The van der Waals surface area contributed by atoms with Gasteiger partial charge in [0.1, 0.15) is 0 Å². The third-order valence-corrected chi connectivity index (χ3v) is 5.05. The maximum absolute atomic E-state index is 12.9. The van der Waals surface area contributed by atoms with Crippen molar-refractivity contribution in [3.8, 4) is 11.3 Å². The smallest absolute Gasteiger partial charge is 0.368 e. The molecule has 0 bridgehead atoms. The number of rotatable bonds is 4. The number of nitrogen functional groups attached to an aromatic ring is 1. The van der Waals surface area contributed by atoms with Gasteiger partial charge in [0.25, 0.3) is 11.1 Å². The summed E-state index contributed by atoms with van der Waals surface area (Å²) in [6, 6.07) is 0. The first-order valence-electron chi connectivity index (χ1n) is 7.56. The molecule has 158 valence electrons. The summed E-state index contributed by atoms with van der Waals surface area (Å²) in [4.78, 5) is 7.79. The summed E-state index contributed by atoms with van der Waals surface area (Å²) in [5.41, 5.74) is -3.37. The molecule has 2 unspecified atom stereocenters. The third kappa shape index (κ3) is 4.84. The van der Waals surface area contributed by atoms with Gasteiger partial charge < -0.3 is 11.1 Å². The van der Waals surface area contributed by atoms with Crippen LogP contribution in [0.2, 0.25) is 0 Å². The molecule has 1 aliphatic heterocycles. The molecule has 2 atom stereocenters. The molecule has 2 aromatic rings. The fourth-order valence-corrected chi connectivity index (χ4v) is 3.54. The van der Waals surface area contributed by atoms with Crippen LogP contribution >= 0.6 is 11.9 Å². The summed E-state index contributed by atoms with van der Waals surface area (Å²) in [6.45, 7) is 1.59. The Morgan fingerprint density at radius 1 is 1.31 bits per heavy atom. The predicted octanol–water partition coefficient (Wildman–Crippen LogP) is 1.50. The van der Waals surface area contributed by atoms with Gasteiger partial charge in [-0.15, -0.1) is 0 Å². The lowest BCUT2D eigenvalue weighted by Crippen LogP contribution is -2.42. The molecule has 1 aliphatic rings. The maximum Gasteiger partial charge on any atom is 0.497 e. The Morgan fingerprint density at radius 2 is 2.00 bits per heavy atom. The standard InChI is InChI=1S/C14H11F6N5O2S2/c1-6-3-23-12(21)24-11(6)8-5-25(28-13(15,16)17)9-4-22-10(2-7(8)9)27-29(26)14(18,19)20/h2-5,10,22H,1H3,(H2,21,23,24). The average molecular weight is 459 g/mol. The average Bonchev–Trinajstić information content (AvgIpc) is 2.92. The summed E-state index contributed by atoms with van der Waals surface area (Å²) in [5.74, 6) is -0.139. The molecule has 2 aromatic heterocycles. The van der Waals surface area contributed by atoms with E-state index >= 15 is 0 Å². The molecule has 0 radical (unpaired) electrons. The van der Waals surface area contributed by atoms with E-state index in [9.17, 15) is 30.6 Å². The Balaban J connectivity index is 2.15. The summed E-state index contributed by atoms with van der Waals surface area (Å²) >= 11 is -4.10. The lowest BCUT2D eigenvalue weighted by molar-refractivity contribution is -0.0487. The number of hydrogen-bond acceptors (Lipinski definition) is 7. The zero-order chi connectivity index (χ0) is 21.6. The first-order chi connectivity index (χ1) is 13.3. The fourth-order valence-electron chi connectivity index (χ4n) is 2.50. The van der Waals surface area contributed by atoms with Crippen molar-refractivity contribution in [2.24, 2.45) is 0 Å². The van der Waals surface area contributed by atoms with Crippen molar-refractivity contribution in [2.75, 3.05) is 5.73 Å². The molecule has 0 saturated heterocycles. The van der Waals surface area contributed by atoms with E-state index in [0.29, 0.717) is 5.56 Å². The monoisotopic (exact) mass is 459 g/mol. The van der Waals surface area contributed by atoms with Crippen LogP contribution in [0.5, 0.6) is 0 Å². The Bertz CT molecular complexity index is 1080. The van der Waals surface area contributed by atoms with E-state index in [2.05, 4.69) is 19.5 Å². The summed E-state index contributed by atoms with van der Waals surface area (Å²) in [7, 11) is 0. The van der Waals surface area contributed by atoms with E-state index in [1.807, 2.05) is 0 Å². The molecule has 0 saturated carbocycles. The van der Waals surface area contributed by atoms with Gasteiger partial charge in [0.15, 0.2) is 6.23 Å². The summed E-state index contributed by atoms with van der Waals surface area (Å²) in [5, 5.41) is 2.44. The molecule has 0 aromatic carbocycles. The van der Waals surface area contributed by atoms with Crippen LogP contribution in [0.4, 0.5) is 32.3 Å². The number of anilines is 1. The summed E-state index contributed by atoms with van der Waals surface area (Å²) in [6.07, 6.45) is 3.09. The van der Waals surface area contributed by atoms with Crippen LogP contribution in [0.25, 0.3) is 23.5 Å². The highest BCUT2D eigenvalue weighted by molar-refractivity contribution is 7.98. The van der Waals surface area contributed by atoms with Crippen LogP contribution in [0.1, 0.15) is 5.56 Å². The van der Waals surface area contributed by atoms with Crippen molar-refractivity contribution in [2.45, 2.75) is 24.2 Å². The lowest BCUT2D eigenvalue weighted by atomic mass is 10.1. The van der Waals surface area contributed by atoms with Gasteiger partial charge in [-0.25, -0.2) is 14.2 Å². The number of nitrogens with zero attached hydrogens (tertiary/aromatic N) is 3. The van der Waals surface area contributed by atoms with Gasteiger partial charge in [0.05, 0.1) is 23.0 Å². The highest BCUT2D eigenvalue weighted by Gasteiger charge is 2.40. The van der Waals surface area contributed by atoms with Crippen LogP contribution in [-0.4, -0.2) is 35.4 Å². The van der Waals surface area contributed by atoms with Crippen LogP contribution in [0.15, 0.2) is 12.4 Å². The van der Waals surface area contributed by atoms with Gasteiger partial charge in [0, 0.05) is 29.4 Å². The molecule has 0 spiro atoms. The van der Waals surface area contributed by atoms with Crippen LogP contribution in [0, 0.1) is 6.92 Å². The third-order valence-electron chi connectivity index (χ3n) is 3.58. The predicted molar refractivity (Wildman–Crippen MR) is 94.0 cm³/mol. The molecule has 7 nitrogen and oxygen atoms in total. The van der Waals surface area contributed by atoms with Crippen LogP contribution in [-0.2, 0) is 15.3 Å². The number of fused-ring (bicyclic) bond motifs is 1. The Morgan fingerprint density at radius 3 is 2.62 bits per heavy atom. The number of nitrogens with two attached hydrogens (primary N) is 1. The number of aromatic nitrogens is 3. The van der Waals surface area contributed by atoms with E-state index < -0.39 is 40.3 Å². The first-order valence-corrected chi connectivity index (χ1v) is 9.41. The second-order valence-electron chi connectivity index (χ2n) is 5.64. The first kappa shape index (κ1) is 21.4. The quantitative estimate of drug-likeness (QED) is 0.670. The van der Waals surface area contributed by atoms with Gasteiger partial charge in [-0.3, -0.25) is 8.16 Å². The SMILES string of the molecule is Cc1cnc(N)nc1-c1cn(SC(F)(F)F)c2c1=CC(OS(=O)C(F)(F)F)NC=2. The van der Waals surface area contributed by atoms with Crippen LogP contribution in [0.3, 0.4) is 0 Å². The van der Waals surface area contributed by atoms with Crippen molar-refractivity contribution in [3.63, 3.8) is 0 Å². The van der Waals surface area contributed by atoms with E-state index in [0.717, 1.165) is 22.4 Å². The Labute approximate surface area is 165 Å². The van der Waals surface area contributed by atoms with Crippen molar-refractivity contribution in [3.05, 3.63) is 28.5 Å². The van der Waals surface area contributed by atoms with E-state index in [-0.39, 0.29) is 27.8 Å². The van der Waals surface area contributed by atoms with Crippen molar-refractivity contribution < 1.29 is 34.7 Å². The second-order valence-corrected chi connectivity index (χ2v) is 7.80. The molecule has 0 aliphatic carbocycles. The maximum atomic E-state index is 12.9. The van der Waals surface area contributed by atoms with E-state index in [4.69, 9.17) is 5.73 Å². The highest BCUT2D eigenvalue weighted by atomic mass is 32.2. The van der Waals surface area contributed by atoms with Gasteiger partial charge in [-0.05, 0) is 18.6 Å². The minimum atomic E-state index is -5.12. The second kappa shape index (κ2) is 7.53. The zero-order valence-electron chi connectivity index (χ0n) is 14.2. The number of aryl methyl sites for hydroxylation is 1. The molecule has 29 heavy (non-hydrogen) atoms. The van der Waals surface area contributed by atoms with Gasteiger partial charge >= 0.3 is 11.0 Å².